The van der Waals surface area contributed by atoms with Crippen LogP contribution >= 0.6 is 0 Å². The van der Waals surface area contributed by atoms with E-state index >= 15 is 0 Å². The van der Waals surface area contributed by atoms with Gasteiger partial charge in [-0.05, 0) is 58.0 Å². The fourth-order valence-electron chi connectivity index (χ4n) is 1.81. The van der Waals surface area contributed by atoms with Gasteiger partial charge in [0.2, 0.25) is 0 Å². The molecule has 0 aliphatic rings. The number of benzene rings is 1. The van der Waals surface area contributed by atoms with Gasteiger partial charge in [0, 0.05) is 11.6 Å². The Bertz CT molecular complexity index is 354. The lowest BCUT2D eigenvalue weighted by Crippen LogP contribution is -2.35. The molecule has 1 rings (SSSR count). The molecule has 0 aliphatic carbocycles. The van der Waals surface area contributed by atoms with Crippen molar-refractivity contribution in [3.8, 4) is 0 Å². The predicted octanol–water partition coefficient (Wildman–Crippen LogP) is 1.52. The van der Waals surface area contributed by atoms with Crippen molar-refractivity contribution in [2.75, 3.05) is 19.6 Å². The van der Waals surface area contributed by atoms with Crippen LogP contribution < -0.4 is 16.4 Å². The van der Waals surface area contributed by atoms with Crippen LogP contribution in [0.25, 0.3) is 0 Å². The highest BCUT2D eigenvalue weighted by Gasteiger charge is 2.08. The SMILES string of the molecule is C[C@H](CCNCCCCN)NC(=O)c1ccccc1. The van der Waals surface area contributed by atoms with E-state index in [1.807, 2.05) is 37.3 Å². The van der Waals surface area contributed by atoms with Crippen molar-refractivity contribution in [3.05, 3.63) is 35.9 Å². The molecule has 4 N–H and O–H groups in total. The second kappa shape index (κ2) is 9.53. The molecule has 0 radical (unpaired) electrons. The van der Waals surface area contributed by atoms with Gasteiger partial charge in [0.05, 0.1) is 0 Å². The number of nitrogens with two attached hydrogens (primary N) is 1. The Morgan fingerprint density at radius 3 is 2.63 bits per heavy atom. The summed E-state index contributed by atoms with van der Waals surface area (Å²) in [6.45, 7) is 4.70. The van der Waals surface area contributed by atoms with Crippen molar-refractivity contribution < 1.29 is 4.79 Å². The number of rotatable bonds is 9. The first-order valence-corrected chi connectivity index (χ1v) is 7.00. The topological polar surface area (TPSA) is 67.2 Å². The van der Waals surface area contributed by atoms with Gasteiger partial charge in [0.25, 0.3) is 5.91 Å². The molecule has 1 aromatic rings. The summed E-state index contributed by atoms with van der Waals surface area (Å²) in [6, 6.07) is 9.48. The van der Waals surface area contributed by atoms with Crippen LogP contribution in [-0.2, 0) is 0 Å². The quantitative estimate of drug-likeness (QED) is 0.592. The Balaban J connectivity index is 2.14. The molecule has 0 heterocycles. The van der Waals surface area contributed by atoms with Crippen LogP contribution in [0.4, 0.5) is 0 Å². The molecule has 4 heteroatoms. The second-order valence-corrected chi connectivity index (χ2v) is 4.77. The Morgan fingerprint density at radius 1 is 1.21 bits per heavy atom. The van der Waals surface area contributed by atoms with Crippen molar-refractivity contribution in [2.45, 2.75) is 32.2 Å². The van der Waals surface area contributed by atoms with Crippen LogP contribution in [0.3, 0.4) is 0 Å². The largest absolute Gasteiger partial charge is 0.350 e. The van der Waals surface area contributed by atoms with E-state index in [-0.39, 0.29) is 11.9 Å². The van der Waals surface area contributed by atoms with Crippen molar-refractivity contribution in [2.24, 2.45) is 5.73 Å². The highest BCUT2D eigenvalue weighted by molar-refractivity contribution is 5.94. The van der Waals surface area contributed by atoms with Gasteiger partial charge < -0.3 is 16.4 Å². The van der Waals surface area contributed by atoms with Crippen molar-refractivity contribution in [1.82, 2.24) is 10.6 Å². The number of hydrogen-bond donors (Lipinski definition) is 3. The van der Waals surface area contributed by atoms with Crippen molar-refractivity contribution >= 4 is 5.91 Å². The Kier molecular flexibility index (Phi) is 7.86. The zero-order chi connectivity index (χ0) is 13.9. The van der Waals surface area contributed by atoms with Crippen LogP contribution in [0, 0.1) is 0 Å². The molecular weight excluding hydrogens is 238 g/mol. The van der Waals surface area contributed by atoms with Gasteiger partial charge >= 0.3 is 0 Å². The average Bonchev–Trinajstić information content (AvgIpc) is 2.43. The maximum atomic E-state index is 11.9. The van der Waals surface area contributed by atoms with E-state index in [9.17, 15) is 4.79 Å². The highest BCUT2D eigenvalue weighted by Crippen LogP contribution is 1.99. The lowest BCUT2D eigenvalue weighted by molar-refractivity contribution is 0.0938. The number of unbranched alkanes of at least 4 members (excludes halogenated alkanes) is 1. The summed E-state index contributed by atoms with van der Waals surface area (Å²) in [5.41, 5.74) is 6.14. The monoisotopic (exact) mass is 263 g/mol. The van der Waals surface area contributed by atoms with Crippen LogP contribution in [0.15, 0.2) is 30.3 Å². The van der Waals surface area contributed by atoms with Crippen LogP contribution in [0.1, 0.15) is 36.5 Å². The van der Waals surface area contributed by atoms with Crippen molar-refractivity contribution in [1.29, 1.82) is 0 Å². The molecule has 19 heavy (non-hydrogen) atoms. The molecule has 0 aliphatic heterocycles. The van der Waals surface area contributed by atoms with E-state index < -0.39 is 0 Å². The molecule has 0 saturated carbocycles. The van der Waals surface area contributed by atoms with E-state index in [1.54, 1.807) is 0 Å². The number of hydrogen-bond acceptors (Lipinski definition) is 3. The molecule has 1 amide bonds. The average molecular weight is 263 g/mol. The minimum absolute atomic E-state index is 0.00349. The molecule has 0 spiro atoms. The van der Waals surface area contributed by atoms with Gasteiger partial charge in [-0.15, -0.1) is 0 Å². The summed E-state index contributed by atoms with van der Waals surface area (Å²) >= 11 is 0. The summed E-state index contributed by atoms with van der Waals surface area (Å²) in [4.78, 5) is 11.9. The van der Waals surface area contributed by atoms with Crippen molar-refractivity contribution in [3.63, 3.8) is 0 Å². The fraction of sp³-hybridized carbons (Fsp3) is 0.533. The minimum Gasteiger partial charge on any atom is -0.350 e. The Hall–Kier alpha value is -1.39. The van der Waals surface area contributed by atoms with Crippen LogP contribution in [-0.4, -0.2) is 31.6 Å². The third-order valence-corrected chi connectivity index (χ3v) is 2.98. The second-order valence-electron chi connectivity index (χ2n) is 4.77. The molecule has 0 fully saturated rings. The molecular formula is C15H25N3O. The lowest BCUT2D eigenvalue weighted by atomic mass is 10.2. The number of carbonyl (C=O) groups excluding carboxylic acids is 1. The van der Waals surface area contributed by atoms with Gasteiger partial charge in [0.15, 0.2) is 0 Å². The number of nitrogens with one attached hydrogen (secondary N) is 2. The van der Waals surface area contributed by atoms with E-state index in [0.29, 0.717) is 5.56 Å². The third kappa shape index (κ3) is 6.94. The summed E-state index contributed by atoms with van der Waals surface area (Å²) in [5.74, 6) is -0.00349. The summed E-state index contributed by atoms with van der Waals surface area (Å²) < 4.78 is 0. The predicted molar refractivity (Wildman–Crippen MR) is 79.1 cm³/mol. The summed E-state index contributed by atoms with van der Waals surface area (Å²) in [7, 11) is 0. The smallest absolute Gasteiger partial charge is 0.251 e. The van der Waals surface area contributed by atoms with E-state index in [0.717, 1.165) is 38.9 Å². The zero-order valence-electron chi connectivity index (χ0n) is 11.7. The first-order chi connectivity index (χ1) is 9.24. The Labute approximate surface area is 115 Å². The van der Waals surface area contributed by atoms with E-state index in [2.05, 4.69) is 10.6 Å². The Morgan fingerprint density at radius 2 is 1.95 bits per heavy atom. The zero-order valence-corrected chi connectivity index (χ0v) is 11.7. The molecule has 0 aromatic heterocycles. The standard InChI is InChI=1S/C15H25N3O/c1-13(9-12-17-11-6-5-10-16)18-15(19)14-7-3-2-4-8-14/h2-4,7-8,13,17H,5-6,9-12,16H2,1H3,(H,18,19)/t13-/m1/s1. The lowest BCUT2D eigenvalue weighted by Gasteiger charge is -2.14. The molecule has 4 nitrogen and oxygen atoms in total. The molecule has 0 unspecified atom stereocenters. The maximum Gasteiger partial charge on any atom is 0.251 e. The van der Waals surface area contributed by atoms with Gasteiger partial charge in [-0.1, -0.05) is 18.2 Å². The summed E-state index contributed by atoms with van der Waals surface area (Å²) in [5, 5.41) is 6.36. The molecule has 106 valence electrons. The van der Waals surface area contributed by atoms with Gasteiger partial charge in [-0.25, -0.2) is 0 Å². The van der Waals surface area contributed by atoms with E-state index in [4.69, 9.17) is 5.73 Å². The van der Waals surface area contributed by atoms with Gasteiger partial charge in [0.1, 0.15) is 0 Å². The molecule has 0 saturated heterocycles. The summed E-state index contributed by atoms with van der Waals surface area (Å²) in [6.07, 6.45) is 3.11. The van der Waals surface area contributed by atoms with Crippen LogP contribution in [0.2, 0.25) is 0 Å². The van der Waals surface area contributed by atoms with Crippen LogP contribution in [0.5, 0.6) is 0 Å². The molecule has 0 bridgehead atoms. The van der Waals surface area contributed by atoms with Gasteiger partial charge in [-0.3, -0.25) is 4.79 Å². The minimum atomic E-state index is -0.00349. The normalized spacial score (nSPS) is 12.1. The first kappa shape index (κ1) is 15.7. The molecule has 1 aromatic carbocycles. The molecule has 1 atom stereocenters. The third-order valence-electron chi connectivity index (χ3n) is 2.98. The highest BCUT2D eigenvalue weighted by atomic mass is 16.1. The first-order valence-electron chi connectivity index (χ1n) is 7.00. The maximum absolute atomic E-state index is 11.9. The van der Waals surface area contributed by atoms with E-state index in [1.165, 1.54) is 0 Å². The number of carbonyl (C=O) groups is 1. The fourth-order valence-corrected chi connectivity index (χ4v) is 1.81. The van der Waals surface area contributed by atoms with Gasteiger partial charge in [-0.2, -0.15) is 0 Å². The number of amides is 1.